The second-order valence-corrected chi connectivity index (χ2v) is 4.23. The lowest BCUT2D eigenvalue weighted by atomic mass is 10.3. The van der Waals surface area contributed by atoms with E-state index in [2.05, 4.69) is 15.5 Å². The number of aryl methyl sites for hydroxylation is 2. The summed E-state index contributed by atoms with van der Waals surface area (Å²) in [5.41, 5.74) is 0.439. The number of halogens is 4. The summed E-state index contributed by atoms with van der Waals surface area (Å²) in [5.74, 6) is 0. The van der Waals surface area contributed by atoms with Crippen LogP contribution in [0.1, 0.15) is 17.1 Å². The third-order valence-corrected chi connectivity index (χ3v) is 2.65. The molecule has 2 aromatic rings. The van der Waals surface area contributed by atoms with Crippen molar-refractivity contribution in [3.63, 3.8) is 0 Å². The van der Waals surface area contributed by atoms with Gasteiger partial charge in [0.05, 0.1) is 11.4 Å². The van der Waals surface area contributed by atoms with Crippen LogP contribution < -0.4 is 5.32 Å². The average molecular weight is 310 g/mol. The second-order valence-electron chi connectivity index (χ2n) is 4.23. The van der Waals surface area contributed by atoms with E-state index in [9.17, 15) is 13.2 Å². The first-order valence-corrected chi connectivity index (χ1v) is 5.65. The molecule has 0 unspecified atom stereocenters. The van der Waals surface area contributed by atoms with Crippen molar-refractivity contribution in [2.24, 2.45) is 14.1 Å². The number of nitrogens with zero attached hydrogens (tertiary/aromatic N) is 4. The molecule has 0 aromatic carbocycles. The van der Waals surface area contributed by atoms with Gasteiger partial charge >= 0.3 is 6.18 Å². The van der Waals surface area contributed by atoms with Crippen LogP contribution in [0.3, 0.4) is 0 Å². The van der Waals surface area contributed by atoms with E-state index < -0.39 is 11.9 Å². The standard InChI is InChI=1S/C11H14F3N5.ClH/c1-18-4-3-8(16-18)6-15-7-9-5-10(11(12,13)14)17-19(9)2;/h3-5,15H,6-7H2,1-2H3;1H. The molecule has 2 rings (SSSR count). The Morgan fingerprint density at radius 1 is 1.20 bits per heavy atom. The summed E-state index contributed by atoms with van der Waals surface area (Å²) in [6.07, 6.45) is -2.60. The summed E-state index contributed by atoms with van der Waals surface area (Å²) >= 11 is 0. The van der Waals surface area contributed by atoms with Crippen LogP contribution >= 0.6 is 12.4 Å². The van der Waals surface area contributed by atoms with Gasteiger partial charge < -0.3 is 5.32 Å². The highest BCUT2D eigenvalue weighted by Gasteiger charge is 2.34. The molecule has 0 saturated heterocycles. The third kappa shape index (κ3) is 3.97. The van der Waals surface area contributed by atoms with Crippen LogP contribution in [0.2, 0.25) is 0 Å². The van der Waals surface area contributed by atoms with E-state index in [1.54, 1.807) is 11.7 Å². The molecule has 0 aliphatic rings. The Kier molecular flexibility index (Phi) is 5.18. The lowest BCUT2D eigenvalue weighted by Gasteiger charge is -2.02. The third-order valence-electron chi connectivity index (χ3n) is 2.65. The predicted octanol–water partition coefficient (Wildman–Crippen LogP) is 1.88. The summed E-state index contributed by atoms with van der Waals surface area (Å²) < 4.78 is 40.3. The van der Waals surface area contributed by atoms with Crippen molar-refractivity contribution in [1.82, 2.24) is 24.9 Å². The predicted molar refractivity (Wildman–Crippen MR) is 69.2 cm³/mol. The molecule has 0 aliphatic heterocycles. The maximum Gasteiger partial charge on any atom is 0.435 e. The zero-order chi connectivity index (χ0) is 14.0. The van der Waals surface area contributed by atoms with Crippen molar-refractivity contribution in [3.05, 3.63) is 35.4 Å². The smallest absolute Gasteiger partial charge is 0.305 e. The van der Waals surface area contributed by atoms with Gasteiger partial charge in [0.2, 0.25) is 0 Å². The second kappa shape index (κ2) is 6.27. The largest absolute Gasteiger partial charge is 0.435 e. The van der Waals surface area contributed by atoms with Gasteiger partial charge in [-0.2, -0.15) is 23.4 Å². The molecule has 0 radical (unpaired) electrons. The summed E-state index contributed by atoms with van der Waals surface area (Å²) in [5, 5.41) is 10.6. The van der Waals surface area contributed by atoms with Crippen molar-refractivity contribution >= 4 is 12.4 Å². The molecular weight excluding hydrogens is 295 g/mol. The zero-order valence-corrected chi connectivity index (χ0v) is 11.8. The summed E-state index contributed by atoms with van der Waals surface area (Å²) in [7, 11) is 3.30. The molecule has 5 nitrogen and oxygen atoms in total. The van der Waals surface area contributed by atoms with Gasteiger partial charge in [0.25, 0.3) is 0 Å². The van der Waals surface area contributed by atoms with Crippen LogP contribution in [0.4, 0.5) is 13.2 Å². The maximum atomic E-state index is 12.5. The fourth-order valence-corrected chi connectivity index (χ4v) is 1.69. The van der Waals surface area contributed by atoms with Crippen LogP contribution in [-0.4, -0.2) is 19.6 Å². The number of alkyl halides is 3. The van der Waals surface area contributed by atoms with Crippen LogP contribution in [-0.2, 0) is 33.4 Å². The fourth-order valence-electron chi connectivity index (χ4n) is 1.69. The molecule has 0 atom stereocenters. The Hall–Kier alpha value is -1.54. The normalized spacial score (nSPS) is 11.4. The first kappa shape index (κ1) is 16.5. The minimum Gasteiger partial charge on any atom is -0.305 e. The van der Waals surface area contributed by atoms with E-state index in [0.717, 1.165) is 11.8 Å². The van der Waals surface area contributed by atoms with Gasteiger partial charge in [-0.1, -0.05) is 0 Å². The van der Waals surface area contributed by atoms with E-state index in [1.165, 1.54) is 11.7 Å². The summed E-state index contributed by atoms with van der Waals surface area (Å²) in [6.45, 7) is 0.795. The SMILES string of the molecule is Cl.Cn1ccc(CNCc2cc(C(F)(F)F)nn2C)n1. The topological polar surface area (TPSA) is 47.7 Å². The van der Waals surface area contributed by atoms with E-state index in [1.807, 2.05) is 12.3 Å². The molecule has 0 aliphatic carbocycles. The highest BCUT2D eigenvalue weighted by Crippen LogP contribution is 2.28. The Morgan fingerprint density at radius 3 is 2.40 bits per heavy atom. The zero-order valence-electron chi connectivity index (χ0n) is 11.0. The van der Waals surface area contributed by atoms with Crippen molar-refractivity contribution in [3.8, 4) is 0 Å². The minimum atomic E-state index is -4.41. The number of aromatic nitrogens is 4. The Labute approximate surface area is 120 Å². The highest BCUT2D eigenvalue weighted by molar-refractivity contribution is 5.85. The molecule has 2 aromatic heterocycles. The molecule has 9 heteroatoms. The fraction of sp³-hybridized carbons (Fsp3) is 0.455. The summed E-state index contributed by atoms with van der Waals surface area (Å²) in [6, 6.07) is 2.89. The van der Waals surface area contributed by atoms with Crippen LogP contribution in [0.15, 0.2) is 18.3 Å². The number of hydrogen-bond donors (Lipinski definition) is 1. The van der Waals surface area contributed by atoms with Crippen molar-refractivity contribution in [2.45, 2.75) is 19.3 Å². The molecule has 20 heavy (non-hydrogen) atoms. The molecule has 1 N–H and O–H groups in total. The van der Waals surface area contributed by atoms with Gasteiger partial charge in [-0.05, 0) is 12.1 Å². The molecular formula is C11H15ClF3N5. The lowest BCUT2D eigenvalue weighted by Crippen LogP contribution is -2.15. The van der Waals surface area contributed by atoms with Gasteiger partial charge in [-0.25, -0.2) is 0 Å². The van der Waals surface area contributed by atoms with Gasteiger partial charge in [-0.3, -0.25) is 9.36 Å². The van der Waals surface area contributed by atoms with Crippen molar-refractivity contribution in [1.29, 1.82) is 0 Å². The Morgan fingerprint density at radius 2 is 1.90 bits per heavy atom. The van der Waals surface area contributed by atoms with Crippen LogP contribution in [0.5, 0.6) is 0 Å². The lowest BCUT2D eigenvalue weighted by molar-refractivity contribution is -0.141. The maximum absolute atomic E-state index is 12.5. The van der Waals surface area contributed by atoms with Crippen molar-refractivity contribution < 1.29 is 13.2 Å². The van der Waals surface area contributed by atoms with Gasteiger partial charge in [0.15, 0.2) is 5.69 Å². The van der Waals surface area contributed by atoms with Gasteiger partial charge in [0, 0.05) is 33.4 Å². The summed E-state index contributed by atoms with van der Waals surface area (Å²) in [4.78, 5) is 0. The quantitative estimate of drug-likeness (QED) is 0.938. The first-order valence-electron chi connectivity index (χ1n) is 5.65. The molecule has 0 bridgehead atoms. The van der Waals surface area contributed by atoms with Gasteiger partial charge in [0.1, 0.15) is 0 Å². The molecule has 112 valence electrons. The monoisotopic (exact) mass is 309 g/mol. The van der Waals surface area contributed by atoms with E-state index in [4.69, 9.17) is 0 Å². The number of nitrogens with one attached hydrogen (secondary N) is 1. The molecule has 0 spiro atoms. The van der Waals surface area contributed by atoms with Crippen LogP contribution in [0, 0.1) is 0 Å². The Balaban J connectivity index is 0.00000200. The molecule has 0 fully saturated rings. The molecule has 0 amide bonds. The van der Waals surface area contributed by atoms with E-state index >= 15 is 0 Å². The average Bonchev–Trinajstić information content (AvgIpc) is 2.86. The highest BCUT2D eigenvalue weighted by atomic mass is 35.5. The van der Waals surface area contributed by atoms with Crippen LogP contribution in [0.25, 0.3) is 0 Å². The number of hydrogen-bond acceptors (Lipinski definition) is 3. The van der Waals surface area contributed by atoms with E-state index in [-0.39, 0.29) is 12.4 Å². The minimum absolute atomic E-state index is 0. The Bertz CT molecular complexity index is 561. The van der Waals surface area contributed by atoms with Gasteiger partial charge in [-0.15, -0.1) is 12.4 Å². The first-order chi connectivity index (χ1) is 8.86. The molecule has 0 saturated carbocycles. The molecule has 2 heterocycles. The van der Waals surface area contributed by atoms with Crippen molar-refractivity contribution in [2.75, 3.05) is 0 Å². The van der Waals surface area contributed by atoms with E-state index in [0.29, 0.717) is 18.8 Å². The number of rotatable bonds is 4.